The first-order valence-corrected chi connectivity index (χ1v) is 10.2. The van der Waals surface area contributed by atoms with Gasteiger partial charge in [-0.25, -0.2) is 14.8 Å². The number of ether oxygens (including phenoxy) is 2. The molecule has 0 fully saturated rings. The molecule has 2 amide bonds. The Labute approximate surface area is 190 Å². The van der Waals surface area contributed by atoms with E-state index in [1.54, 1.807) is 0 Å². The molecule has 0 spiro atoms. The van der Waals surface area contributed by atoms with Gasteiger partial charge < -0.3 is 32.0 Å². The Kier molecular flexibility index (Phi) is 11.7. The van der Waals surface area contributed by atoms with Gasteiger partial charge in [0, 0.05) is 20.1 Å². The molecule has 0 saturated heterocycles. The first kappa shape index (κ1) is 26.8. The second-order valence-corrected chi connectivity index (χ2v) is 6.98. The van der Waals surface area contributed by atoms with Crippen LogP contribution in [0, 0.1) is 0 Å². The van der Waals surface area contributed by atoms with Crippen LogP contribution >= 0.6 is 11.6 Å². The smallest absolute Gasteiger partial charge is 0.330 e. The average Bonchev–Trinajstić information content (AvgIpc) is 2.73. The summed E-state index contributed by atoms with van der Waals surface area (Å²) in [6, 6.07) is -0.823. The lowest BCUT2D eigenvalue weighted by Gasteiger charge is -2.15. The lowest BCUT2D eigenvalue weighted by molar-refractivity contribution is -0.146. The van der Waals surface area contributed by atoms with E-state index in [0.29, 0.717) is 13.2 Å². The summed E-state index contributed by atoms with van der Waals surface area (Å²) in [5.74, 6) is -1.93. The highest BCUT2D eigenvalue weighted by atomic mass is 35.5. The number of aliphatic imine (C=N–C) groups is 1. The fraction of sp³-hybridized carbons (Fsp3) is 0.556. The minimum Gasteiger partial charge on any atom is -0.467 e. The van der Waals surface area contributed by atoms with Crippen LogP contribution in [0.25, 0.3) is 0 Å². The molecule has 0 aliphatic carbocycles. The van der Waals surface area contributed by atoms with Crippen LogP contribution in [0.1, 0.15) is 43.1 Å². The molecule has 1 rings (SSSR count). The molecule has 1 aromatic rings. The van der Waals surface area contributed by atoms with Crippen molar-refractivity contribution in [3.8, 4) is 0 Å². The number of amides is 2. The van der Waals surface area contributed by atoms with Crippen molar-refractivity contribution >= 4 is 47.0 Å². The normalized spacial score (nSPS) is 12.2. The van der Waals surface area contributed by atoms with Crippen LogP contribution in [-0.4, -0.2) is 66.6 Å². The van der Waals surface area contributed by atoms with Crippen LogP contribution in [0.5, 0.6) is 0 Å². The van der Waals surface area contributed by atoms with Crippen LogP contribution in [0.3, 0.4) is 0 Å². The summed E-state index contributed by atoms with van der Waals surface area (Å²) in [7, 11) is 1.24. The molecule has 1 heterocycles. The number of nitrogens with zero attached hydrogens (tertiary/aromatic N) is 3. The number of halogens is 1. The molecule has 14 heteroatoms. The number of methoxy groups -OCH3 is 1. The lowest BCUT2D eigenvalue weighted by atomic mass is 10.2. The monoisotopic (exact) mass is 472 g/mol. The highest BCUT2D eigenvalue weighted by Gasteiger charge is 2.20. The maximum absolute atomic E-state index is 12.1. The van der Waals surface area contributed by atoms with Crippen molar-refractivity contribution < 1.29 is 23.9 Å². The Balaban J connectivity index is 2.24. The fourth-order valence-corrected chi connectivity index (χ4v) is 2.58. The number of nitrogens with two attached hydrogens (primary N) is 3. The van der Waals surface area contributed by atoms with Crippen molar-refractivity contribution in [3.05, 3.63) is 10.8 Å². The number of esters is 1. The minimum absolute atomic E-state index is 0.0425. The molecule has 0 aliphatic heterocycles. The molecular formula is C18H29ClN8O5. The van der Waals surface area contributed by atoms with Gasteiger partial charge in [0.15, 0.2) is 34.5 Å². The SMILES string of the molecule is COC(=O)[C@H](COCCCCCCN=C(N)NC(=O)c1nc(Cl)c(N)nc1N)NC(C)=O. The van der Waals surface area contributed by atoms with Crippen LogP contribution in [0.2, 0.25) is 5.15 Å². The number of rotatable bonds is 12. The highest BCUT2D eigenvalue weighted by Crippen LogP contribution is 2.17. The van der Waals surface area contributed by atoms with E-state index < -0.39 is 17.9 Å². The van der Waals surface area contributed by atoms with Gasteiger partial charge in [0.2, 0.25) is 5.91 Å². The van der Waals surface area contributed by atoms with Crippen LogP contribution in [0.4, 0.5) is 11.6 Å². The fourth-order valence-electron chi connectivity index (χ4n) is 2.45. The van der Waals surface area contributed by atoms with Crippen molar-refractivity contribution in [2.24, 2.45) is 10.7 Å². The van der Waals surface area contributed by atoms with Crippen molar-refractivity contribution in [3.63, 3.8) is 0 Å². The number of carbonyl (C=O) groups excluding carboxylic acids is 3. The third-order valence-electron chi connectivity index (χ3n) is 3.99. The first-order valence-electron chi connectivity index (χ1n) is 9.78. The van der Waals surface area contributed by atoms with Gasteiger partial charge in [-0.2, -0.15) is 0 Å². The molecular weight excluding hydrogens is 444 g/mol. The summed E-state index contributed by atoms with van der Waals surface area (Å²) in [4.78, 5) is 46.3. The number of hydrogen-bond acceptors (Lipinski definition) is 10. The van der Waals surface area contributed by atoms with Crippen LogP contribution in [0.15, 0.2) is 4.99 Å². The van der Waals surface area contributed by atoms with E-state index in [-0.39, 0.29) is 41.0 Å². The molecule has 32 heavy (non-hydrogen) atoms. The quantitative estimate of drug-likeness (QED) is 0.115. The predicted octanol–water partition coefficient (Wildman–Crippen LogP) is -0.406. The summed E-state index contributed by atoms with van der Waals surface area (Å²) in [5.41, 5.74) is 16.6. The van der Waals surface area contributed by atoms with E-state index >= 15 is 0 Å². The molecule has 8 N–H and O–H groups in total. The molecule has 0 unspecified atom stereocenters. The number of hydrogen-bond donors (Lipinski definition) is 5. The van der Waals surface area contributed by atoms with E-state index in [9.17, 15) is 14.4 Å². The predicted molar refractivity (Wildman–Crippen MR) is 119 cm³/mol. The standard InChI is InChI=1S/C18H29ClN8O5/c1-10(28)24-11(17(30)31-2)9-32-8-6-4-3-5-7-23-18(22)27-16(29)12-14(20)26-15(21)13(19)25-12/h11H,3-9H2,1-2H3,(H,24,28)(H4,20,21,26)(H3,22,23,27,29)/t11-/m0/s1. The second-order valence-electron chi connectivity index (χ2n) is 6.62. The van der Waals surface area contributed by atoms with Crippen molar-refractivity contribution in [2.75, 3.05) is 38.3 Å². The zero-order chi connectivity index (χ0) is 24.1. The molecule has 1 atom stereocenters. The Morgan fingerprint density at radius 3 is 2.47 bits per heavy atom. The molecule has 0 aromatic carbocycles. The molecule has 178 valence electrons. The van der Waals surface area contributed by atoms with Crippen LogP contribution < -0.4 is 27.8 Å². The molecule has 0 bridgehead atoms. The zero-order valence-electron chi connectivity index (χ0n) is 18.0. The summed E-state index contributed by atoms with van der Waals surface area (Å²) < 4.78 is 10.0. The van der Waals surface area contributed by atoms with E-state index in [4.69, 9.17) is 33.5 Å². The topological polar surface area (TPSA) is 210 Å². The van der Waals surface area contributed by atoms with Crippen LogP contribution in [-0.2, 0) is 19.1 Å². The largest absolute Gasteiger partial charge is 0.467 e. The third-order valence-corrected chi connectivity index (χ3v) is 4.27. The molecule has 0 saturated carbocycles. The Hall–Kier alpha value is -3.19. The molecule has 0 radical (unpaired) electrons. The summed E-state index contributed by atoms with van der Waals surface area (Å²) in [6.07, 6.45) is 3.22. The lowest BCUT2D eigenvalue weighted by Crippen LogP contribution is -2.43. The van der Waals surface area contributed by atoms with Gasteiger partial charge >= 0.3 is 5.97 Å². The third kappa shape index (κ3) is 9.75. The average molecular weight is 473 g/mol. The minimum atomic E-state index is -0.823. The van der Waals surface area contributed by atoms with Crippen molar-refractivity contribution in [1.82, 2.24) is 20.6 Å². The van der Waals surface area contributed by atoms with Gasteiger partial charge in [0.05, 0.1) is 13.7 Å². The number of carbonyl (C=O) groups is 3. The van der Waals surface area contributed by atoms with Gasteiger partial charge in [-0.15, -0.1) is 0 Å². The molecule has 13 nitrogen and oxygen atoms in total. The van der Waals surface area contributed by atoms with E-state index in [1.165, 1.54) is 14.0 Å². The Morgan fingerprint density at radius 1 is 1.12 bits per heavy atom. The Bertz CT molecular complexity index is 836. The van der Waals surface area contributed by atoms with E-state index in [1.807, 2.05) is 0 Å². The number of aromatic nitrogens is 2. The van der Waals surface area contributed by atoms with Gasteiger partial charge in [-0.05, 0) is 12.8 Å². The number of anilines is 2. The maximum atomic E-state index is 12.1. The Morgan fingerprint density at radius 2 is 1.81 bits per heavy atom. The zero-order valence-corrected chi connectivity index (χ0v) is 18.8. The van der Waals surface area contributed by atoms with Gasteiger partial charge in [0.25, 0.3) is 5.91 Å². The first-order chi connectivity index (χ1) is 15.1. The van der Waals surface area contributed by atoms with Crippen molar-refractivity contribution in [2.45, 2.75) is 38.6 Å². The van der Waals surface area contributed by atoms with Gasteiger partial charge in [-0.3, -0.25) is 19.9 Å². The summed E-state index contributed by atoms with van der Waals surface area (Å²) in [6.45, 7) is 2.19. The molecule has 1 aromatic heterocycles. The highest BCUT2D eigenvalue weighted by molar-refractivity contribution is 6.31. The van der Waals surface area contributed by atoms with E-state index in [2.05, 4.69) is 30.3 Å². The number of guanidine groups is 1. The number of nitrogens with one attached hydrogen (secondary N) is 2. The summed E-state index contributed by atoms with van der Waals surface area (Å²) in [5, 5.41) is 4.69. The second kappa shape index (κ2) is 14.0. The number of unbranched alkanes of at least 4 members (excludes halogenated alkanes) is 3. The summed E-state index contributed by atoms with van der Waals surface area (Å²) >= 11 is 5.74. The maximum Gasteiger partial charge on any atom is 0.330 e. The molecule has 0 aliphatic rings. The number of nitrogen functional groups attached to an aromatic ring is 2. The van der Waals surface area contributed by atoms with Gasteiger partial charge in [-0.1, -0.05) is 24.4 Å². The van der Waals surface area contributed by atoms with Crippen molar-refractivity contribution in [1.29, 1.82) is 0 Å². The van der Waals surface area contributed by atoms with E-state index in [0.717, 1.165) is 25.7 Å². The van der Waals surface area contributed by atoms with Gasteiger partial charge in [0.1, 0.15) is 0 Å².